The average Bonchev–Trinajstić information content (AvgIpc) is 2.99. The molecule has 0 saturated carbocycles. The third-order valence-corrected chi connectivity index (χ3v) is 7.81. The number of nitro benzene ring substituents is 1. The van der Waals surface area contributed by atoms with Crippen molar-refractivity contribution in [1.29, 1.82) is 0 Å². The van der Waals surface area contributed by atoms with Crippen LogP contribution in [-0.2, 0) is 10.3 Å². The molecule has 0 saturated heterocycles. The molecule has 2 heterocycles. The van der Waals surface area contributed by atoms with Crippen LogP contribution < -0.4 is 9.64 Å². The fraction of sp³-hybridized carbons (Fsp3) is 0.273. The van der Waals surface area contributed by atoms with Gasteiger partial charge in [0.1, 0.15) is 11.4 Å². The Bertz CT molecular complexity index is 1420. The van der Waals surface area contributed by atoms with Gasteiger partial charge in [0.15, 0.2) is 12.5 Å². The number of nitro groups is 1. The van der Waals surface area contributed by atoms with Crippen molar-refractivity contribution in [3.05, 3.63) is 135 Å². The Labute approximate surface area is 229 Å². The topological polar surface area (TPSA) is 64.8 Å². The third kappa shape index (κ3) is 4.35. The Morgan fingerprint density at radius 1 is 0.846 bits per heavy atom. The summed E-state index contributed by atoms with van der Waals surface area (Å²) in [6.45, 7) is 2.21. The molecule has 0 radical (unpaired) electrons. The standard InChI is InChI=1S/C33H32N2O4/c1-2-3-4-11-20-31-34-29-19-13-12-18-28(29)33(24-14-7-5-8-15-24,25-16-9-6-10-17-25)39-32(34)27-23-26(35(36)37)21-22-30(27)38-31/h5-10,12-19,21-23,31-32H,2-4,11,20H2,1H3. The highest BCUT2D eigenvalue weighted by molar-refractivity contribution is 5.67. The predicted octanol–water partition coefficient (Wildman–Crippen LogP) is 8.11. The first kappa shape index (κ1) is 25.1. The van der Waals surface area contributed by atoms with Crippen molar-refractivity contribution >= 4 is 11.4 Å². The minimum Gasteiger partial charge on any atom is -0.470 e. The molecule has 39 heavy (non-hydrogen) atoms. The van der Waals surface area contributed by atoms with Crippen LogP contribution in [0.3, 0.4) is 0 Å². The van der Waals surface area contributed by atoms with Crippen molar-refractivity contribution in [2.24, 2.45) is 0 Å². The number of non-ortho nitro benzene ring substituents is 1. The van der Waals surface area contributed by atoms with Gasteiger partial charge < -0.3 is 14.4 Å². The Morgan fingerprint density at radius 3 is 2.18 bits per heavy atom. The van der Waals surface area contributed by atoms with E-state index in [2.05, 4.69) is 48.2 Å². The van der Waals surface area contributed by atoms with Crippen molar-refractivity contribution in [3.63, 3.8) is 0 Å². The molecule has 198 valence electrons. The Hall–Kier alpha value is -4.16. The van der Waals surface area contributed by atoms with E-state index in [9.17, 15) is 10.1 Å². The summed E-state index contributed by atoms with van der Waals surface area (Å²) in [6.07, 6.45) is 4.47. The molecule has 6 nitrogen and oxygen atoms in total. The van der Waals surface area contributed by atoms with Gasteiger partial charge in [0.25, 0.3) is 5.69 Å². The van der Waals surface area contributed by atoms with Gasteiger partial charge in [-0.3, -0.25) is 10.1 Å². The maximum absolute atomic E-state index is 11.8. The highest BCUT2D eigenvalue weighted by Crippen LogP contribution is 2.56. The van der Waals surface area contributed by atoms with E-state index in [1.54, 1.807) is 12.1 Å². The number of fused-ring (bicyclic) bond motifs is 5. The lowest BCUT2D eigenvalue weighted by Crippen LogP contribution is -2.54. The lowest BCUT2D eigenvalue weighted by Gasteiger charge is -2.53. The highest BCUT2D eigenvalue weighted by Gasteiger charge is 2.51. The molecule has 4 aromatic carbocycles. The molecule has 0 aromatic heterocycles. The average molecular weight is 521 g/mol. The van der Waals surface area contributed by atoms with Crippen molar-refractivity contribution in [2.75, 3.05) is 4.90 Å². The van der Waals surface area contributed by atoms with Gasteiger partial charge in [0, 0.05) is 29.8 Å². The van der Waals surface area contributed by atoms with Crippen LogP contribution in [0, 0.1) is 10.1 Å². The first-order chi connectivity index (χ1) is 19.1. The lowest BCUT2D eigenvalue weighted by atomic mass is 9.77. The van der Waals surface area contributed by atoms with Gasteiger partial charge in [0.05, 0.1) is 10.5 Å². The monoisotopic (exact) mass is 520 g/mol. The molecule has 0 aliphatic carbocycles. The van der Waals surface area contributed by atoms with Crippen LogP contribution in [0.1, 0.15) is 67.5 Å². The Balaban J connectivity index is 1.59. The largest absolute Gasteiger partial charge is 0.470 e. The van der Waals surface area contributed by atoms with Crippen LogP contribution in [0.2, 0.25) is 0 Å². The molecule has 2 aliphatic rings. The van der Waals surface area contributed by atoms with E-state index in [1.165, 1.54) is 12.5 Å². The van der Waals surface area contributed by atoms with Gasteiger partial charge >= 0.3 is 0 Å². The molecule has 0 bridgehead atoms. The summed E-state index contributed by atoms with van der Waals surface area (Å²) in [7, 11) is 0. The maximum atomic E-state index is 11.8. The molecule has 6 heteroatoms. The summed E-state index contributed by atoms with van der Waals surface area (Å²) in [4.78, 5) is 13.6. The van der Waals surface area contributed by atoms with E-state index < -0.39 is 11.8 Å². The summed E-state index contributed by atoms with van der Waals surface area (Å²) in [6, 6.07) is 33.7. The molecular weight excluding hydrogens is 488 g/mol. The van der Waals surface area contributed by atoms with Crippen molar-refractivity contribution < 1.29 is 14.4 Å². The van der Waals surface area contributed by atoms with E-state index in [1.807, 2.05) is 48.5 Å². The highest BCUT2D eigenvalue weighted by atomic mass is 16.6. The van der Waals surface area contributed by atoms with Crippen molar-refractivity contribution in [3.8, 4) is 5.75 Å². The number of unbranched alkanes of at least 4 members (excludes halogenated alkanes) is 3. The van der Waals surface area contributed by atoms with E-state index in [-0.39, 0.29) is 16.8 Å². The zero-order valence-corrected chi connectivity index (χ0v) is 22.0. The number of rotatable bonds is 8. The number of para-hydroxylation sites is 1. The maximum Gasteiger partial charge on any atom is 0.270 e. The first-order valence-corrected chi connectivity index (χ1v) is 13.7. The van der Waals surface area contributed by atoms with Crippen LogP contribution in [0.4, 0.5) is 11.4 Å². The zero-order chi connectivity index (χ0) is 26.8. The third-order valence-electron chi connectivity index (χ3n) is 7.81. The quantitative estimate of drug-likeness (QED) is 0.133. The number of hydrogen-bond donors (Lipinski definition) is 0. The predicted molar refractivity (Wildman–Crippen MR) is 152 cm³/mol. The zero-order valence-electron chi connectivity index (χ0n) is 22.0. The van der Waals surface area contributed by atoms with E-state index >= 15 is 0 Å². The summed E-state index contributed by atoms with van der Waals surface area (Å²) in [5.74, 6) is 0.636. The summed E-state index contributed by atoms with van der Waals surface area (Å²) in [5, 5.41) is 11.8. The number of ether oxygens (including phenoxy) is 2. The molecule has 0 amide bonds. The van der Waals surface area contributed by atoms with Gasteiger partial charge in [-0.25, -0.2) is 0 Å². The molecule has 6 rings (SSSR count). The van der Waals surface area contributed by atoms with Crippen LogP contribution in [0.5, 0.6) is 5.75 Å². The Kier molecular flexibility index (Phi) is 6.79. The molecule has 0 N–H and O–H groups in total. The van der Waals surface area contributed by atoms with Crippen LogP contribution in [0.25, 0.3) is 0 Å². The summed E-state index contributed by atoms with van der Waals surface area (Å²) in [5.41, 5.74) is 3.80. The molecule has 2 atom stereocenters. The number of anilines is 1. The molecule has 0 spiro atoms. The van der Waals surface area contributed by atoms with E-state index in [0.717, 1.165) is 48.1 Å². The SMILES string of the molecule is CCCCCCC1Oc2ccc([N+](=O)[O-])cc2C2OC(c3ccccc3)(c3ccccc3)c3ccccc3N12. The lowest BCUT2D eigenvalue weighted by molar-refractivity contribution is -0.385. The molecule has 2 aliphatic heterocycles. The number of benzene rings is 4. The fourth-order valence-electron chi connectivity index (χ4n) is 5.99. The van der Waals surface area contributed by atoms with E-state index in [4.69, 9.17) is 9.47 Å². The van der Waals surface area contributed by atoms with Gasteiger partial charge in [-0.15, -0.1) is 0 Å². The smallest absolute Gasteiger partial charge is 0.270 e. The normalized spacial score (nSPS) is 18.8. The second-order valence-corrected chi connectivity index (χ2v) is 10.2. The number of hydrogen-bond acceptors (Lipinski definition) is 5. The molecule has 2 unspecified atom stereocenters. The van der Waals surface area contributed by atoms with Crippen molar-refractivity contribution in [1.82, 2.24) is 0 Å². The van der Waals surface area contributed by atoms with Gasteiger partial charge in [0.2, 0.25) is 0 Å². The molecule has 4 aromatic rings. The van der Waals surface area contributed by atoms with Gasteiger partial charge in [-0.05, 0) is 29.7 Å². The summed E-state index contributed by atoms with van der Waals surface area (Å²) < 4.78 is 13.9. The Morgan fingerprint density at radius 2 is 1.51 bits per heavy atom. The second-order valence-electron chi connectivity index (χ2n) is 10.2. The fourth-order valence-corrected chi connectivity index (χ4v) is 5.99. The minimum atomic E-state index is -0.924. The van der Waals surface area contributed by atoms with Crippen LogP contribution in [0.15, 0.2) is 103 Å². The van der Waals surface area contributed by atoms with Gasteiger partial charge in [-0.1, -0.05) is 105 Å². The van der Waals surface area contributed by atoms with Crippen LogP contribution >= 0.6 is 0 Å². The van der Waals surface area contributed by atoms with Crippen molar-refractivity contribution in [2.45, 2.75) is 57.1 Å². The second kappa shape index (κ2) is 10.5. The minimum absolute atomic E-state index is 0.0196. The van der Waals surface area contributed by atoms with E-state index in [0.29, 0.717) is 11.3 Å². The van der Waals surface area contributed by atoms with Crippen LogP contribution in [-0.4, -0.2) is 11.2 Å². The summed E-state index contributed by atoms with van der Waals surface area (Å²) >= 11 is 0. The molecule has 0 fully saturated rings. The molecular formula is C33H32N2O4. The van der Waals surface area contributed by atoms with Gasteiger partial charge in [-0.2, -0.15) is 0 Å². The number of nitrogens with zero attached hydrogens (tertiary/aromatic N) is 2. The first-order valence-electron chi connectivity index (χ1n) is 13.7.